The van der Waals surface area contributed by atoms with Crippen LogP contribution >= 0.6 is 0 Å². The van der Waals surface area contributed by atoms with Crippen molar-refractivity contribution in [1.82, 2.24) is 0 Å². The molecule has 0 aliphatic heterocycles. The minimum atomic E-state index is -0.397. The Morgan fingerprint density at radius 2 is 1.27 bits per heavy atom. The lowest BCUT2D eigenvalue weighted by atomic mass is 10.0. The molecule has 2 rings (SSSR count). The Morgan fingerprint density at radius 1 is 0.733 bits per heavy atom. The largest absolute Gasteiger partial charge is 0.494 e. The number of carbonyl (C=O) groups is 1. The number of hydrogen-bond donors (Lipinski definition) is 0. The summed E-state index contributed by atoms with van der Waals surface area (Å²) in [7, 11) is 0. The van der Waals surface area contributed by atoms with Crippen LogP contribution in [0, 0.1) is 0 Å². The number of benzene rings is 2. The zero-order valence-corrected chi connectivity index (χ0v) is 19.0. The molecule has 0 bridgehead atoms. The van der Waals surface area contributed by atoms with Crippen molar-refractivity contribution in [2.75, 3.05) is 13.2 Å². The fraction of sp³-hybridized carbons (Fsp3) is 0.519. The Labute approximate surface area is 182 Å². The highest BCUT2D eigenvalue weighted by molar-refractivity contribution is 5.99. The van der Waals surface area contributed by atoms with Gasteiger partial charge in [0.25, 0.3) is 0 Å². The Bertz CT molecular complexity index is 719. The highest BCUT2D eigenvalue weighted by Crippen LogP contribution is 2.23. The maximum atomic E-state index is 12.6. The highest BCUT2D eigenvalue weighted by Gasteiger charge is 2.15. The maximum absolute atomic E-state index is 12.6. The van der Waals surface area contributed by atoms with Crippen molar-refractivity contribution in [3.05, 3.63) is 54.1 Å². The summed E-state index contributed by atoms with van der Waals surface area (Å²) in [5.74, 6) is 0.954. The molecular formula is C27H38O3. The van der Waals surface area contributed by atoms with Gasteiger partial charge in [-0.15, -0.1) is 0 Å². The normalized spacial score (nSPS) is 12.0. The van der Waals surface area contributed by atoms with Crippen LogP contribution in [-0.4, -0.2) is 25.1 Å². The molecule has 0 heterocycles. The molecule has 1 unspecified atom stereocenters. The average molecular weight is 411 g/mol. The molecule has 1 atom stereocenters. The van der Waals surface area contributed by atoms with Crippen LogP contribution in [0.1, 0.15) is 82.5 Å². The molecule has 2 aromatic rings. The number of carbonyl (C=O) groups excluding carboxylic acids is 1. The molecule has 0 fully saturated rings. The zero-order valence-electron chi connectivity index (χ0n) is 19.0. The number of unbranched alkanes of at least 4 members (excludes halogenated alkanes) is 6. The molecule has 0 saturated heterocycles. The van der Waals surface area contributed by atoms with Crippen molar-refractivity contribution in [3.8, 4) is 16.9 Å². The summed E-state index contributed by atoms with van der Waals surface area (Å²) in [5, 5.41) is 0. The van der Waals surface area contributed by atoms with Gasteiger partial charge in [0.2, 0.25) is 0 Å². The van der Waals surface area contributed by atoms with Gasteiger partial charge in [0.15, 0.2) is 5.78 Å². The SMILES string of the molecule is CCCCCCOc1ccc(-c2ccc(C(=O)C(C)OCCCCCC)cc2)cc1. The van der Waals surface area contributed by atoms with Crippen LogP contribution in [0.25, 0.3) is 11.1 Å². The molecule has 0 aromatic heterocycles. The summed E-state index contributed by atoms with van der Waals surface area (Å²) in [5.41, 5.74) is 2.91. The Hall–Kier alpha value is -2.13. The number of rotatable bonds is 15. The molecule has 0 radical (unpaired) electrons. The van der Waals surface area contributed by atoms with Gasteiger partial charge in [-0.3, -0.25) is 4.79 Å². The van der Waals surface area contributed by atoms with E-state index < -0.39 is 6.10 Å². The smallest absolute Gasteiger partial charge is 0.191 e. The van der Waals surface area contributed by atoms with Gasteiger partial charge in [0.05, 0.1) is 6.61 Å². The van der Waals surface area contributed by atoms with Gasteiger partial charge in [-0.25, -0.2) is 0 Å². The molecule has 164 valence electrons. The molecule has 0 aliphatic rings. The van der Waals surface area contributed by atoms with Crippen molar-refractivity contribution < 1.29 is 14.3 Å². The van der Waals surface area contributed by atoms with E-state index in [1.54, 1.807) is 0 Å². The van der Waals surface area contributed by atoms with E-state index in [1.165, 1.54) is 32.1 Å². The fourth-order valence-corrected chi connectivity index (χ4v) is 3.39. The van der Waals surface area contributed by atoms with E-state index in [0.29, 0.717) is 12.2 Å². The Balaban J connectivity index is 1.83. The van der Waals surface area contributed by atoms with Gasteiger partial charge in [0, 0.05) is 12.2 Å². The van der Waals surface area contributed by atoms with Crippen LogP contribution in [0.3, 0.4) is 0 Å². The molecule has 0 amide bonds. The third-order valence-corrected chi connectivity index (χ3v) is 5.36. The van der Waals surface area contributed by atoms with Crippen molar-refractivity contribution >= 4 is 5.78 Å². The first kappa shape index (κ1) is 24.1. The van der Waals surface area contributed by atoms with Gasteiger partial charge in [-0.05, 0) is 43.0 Å². The quantitative estimate of drug-likeness (QED) is 0.225. The minimum Gasteiger partial charge on any atom is -0.494 e. The second-order valence-corrected chi connectivity index (χ2v) is 7.95. The third-order valence-electron chi connectivity index (χ3n) is 5.36. The van der Waals surface area contributed by atoms with Crippen LogP contribution in [-0.2, 0) is 4.74 Å². The molecule has 0 aliphatic carbocycles. The molecule has 0 saturated carbocycles. The lowest BCUT2D eigenvalue weighted by molar-refractivity contribution is 0.0464. The van der Waals surface area contributed by atoms with E-state index in [9.17, 15) is 4.79 Å². The van der Waals surface area contributed by atoms with Crippen molar-refractivity contribution in [1.29, 1.82) is 0 Å². The van der Waals surface area contributed by atoms with Crippen LogP contribution in [0.4, 0.5) is 0 Å². The standard InChI is InChI=1S/C27H38O3/c1-4-6-8-10-20-29-22(3)27(28)25-14-12-23(13-15-25)24-16-18-26(19-17-24)30-21-11-9-7-5-2/h12-19,22H,4-11,20-21H2,1-3H3. The van der Waals surface area contributed by atoms with Gasteiger partial charge >= 0.3 is 0 Å². The molecule has 0 spiro atoms. The van der Waals surface area contributed by atoms with Crippen molar-refractivity contribution in [2.45, 2.75) is 78.2 Å². The molecule has 2 aromatic carbocycles. The number of ketones is 1. The topological polar surface area (TPSA) is 35.5 Å². The first-order valence-electron chi connectivity index (χ1n) is 11.6. The number of Topliss-reactive ketones (excluding diaryl/α,β-unsaturated/α-hetero) is 1. The second kappa shape index (κ2) is 14.0. The van der Waals surface area contributed by atoms with Gasteiger partial charge in [0.1, 0.15) is 11.9 Å². The van der Waals surface area contributed by atoms with Crippen LogP contribution in [0.2, 0.25) is 0 Å². The van der Waals surface area contributed by atoms with E-state index in [-0.39, 0.29) is 5.78 Å². The summed E-state index contributed by atoms with van der Waals surface area (Å²) in [6, 6.07) is 16.0. The van der Waals surface area contributed by atoms with Crippen molar-refractivity contribution in [2.24, 2.45) is 0 Å². The summed E-state index contributed by atoms with van der Waals surface area (Å²) < 4.78 is 11.5. The summed E-state index contributed by atoms with van der Waals surface area (Å²) in [6.45, 7) is 7.67. The minimum absolute atomic E-state index is 0.0452. The van der Waals surface area contributed by atoms with Crippen molar-refractivity contribution in [3.63, 3.8) is 0 Å². The zero-order chi connectivity index (χ0) is 21.6. The van der Waals surface area contributed by atoms with Crippen LogP contribution < -0.4 is 4.74 Å². The molecular weight excluding hydrogens is 372 g/mol. The van der Waals surface area contributed by atoms with Gasteiger partial charge in [-0.1, -0.05) is 88.8 Å². The summed E-state index contributed by atoms with van der Waals surface area (Å²) in [4.78, 5) is 12.6. The second-order valence-electron chi connectivity index (χ2n) is 7.95. The first-order chi connectivity index (χ1) is 14.7. The average Bonchev–Trinajstić information content (AvgIpc) is 2.79. The highest BCUT2D eigenvalue weighted by atomic mass is 16.5. The van der Waals surface area contributed by atoms with E-state index in [4.69, 9.17) is 9.47 Å². The predicted molar refractivity (Wildman–Crippen MR) is 125 cm³/mol. The summed E-state index contributed by atoms with van der Waals surface area (Å²) >= 11 is 0. The molecule has 30 heavy (non-hydrogen) atoms. The van der Waals surface area contributed by atoms with Gasteiger partial charge in [-0.2, -0.15) is 0 Å². The maximum Gasteiger partial charge on any atom is 0.191 e. The molecule has 0 N–H and O–H groups in total. The third kappa shape index (κ3) is 8.31. The molecule has 3 nitrogen and oxygen atoms in total. The monoisotopic (exact) mass is 410 g/mol. The van der Waals surface area contributed by atoms with Crippen LogP contribution in [0.15, 0.2) is 48.5 Å². The van der Waals surface area contributed by atoms with E-state index in [2.05, 4.69) is 26.0 Å². The van der Waals surface area contributed by atoms with Gasteiger partial charge < -0.3 is 9.47 Å². The fourth-order valence-electron chi connectivity index (χ4n) is 3.39. The lowest BCUT2D eigenvalue weighted by Crippen LogP contribution is -2.21. The Kier molecular flexibility index (Phi) is 11.2. The first-order valence-corrected chi connectivity index (χ1v) is 11.6. The summed E-state index contributed by atoms with van der Waals surface area (Å²) in [6.07, 6.45) is 9.04. The number of hydrogen-bond acceptors (Lipinski definition) is 3. The predicted octanol–water partition coefficient (Wildman–Crippen LogP) is 7.48. The van der Waals surface area contributed by atoms with E-state index in [1.807, 2.05) is 43.3 Å². The lowest BCUT2D eigenvalue weighted by Gasteiger charge is -2.12. The van der Waals surface area contributed by atoms with E-state index in [0.717, 1.165) is 42.7 Å². The Morgan fingerprint density at radius 3 is 1.83 bits per heavy atom. The molecule has 3 heteroatoms. The van der Waals surface area contributed by atoms with Crippen LogP contribution in [0.5, 0.6) is 5.75 Å². The van der Waals surface area contributed by atoms with E-state index >= 15 is 0 Å². The number of ether oxygens (including phenoxy) is 2.